The zero-order valence-corrected chi connectivity index (χ0v) is 12.4. The largest absolute Gasteiger partial charge is 0.465 e. The van der Waals surface area contributed by atoms with Gasteiger partial charge in [-0.1, -0.05) is 48.5 Å². The number of carbonyl (C=O) groups is 1. The van der Waals surface area contributed by atoms with Gasteiger partial charge in [-0.2, -0.15) is 5.26 Å². The molecule has 0 aliphatic carbocycles. The first-order chi connectivity index (χ1) is 11.2. The minimum Gasteiger partial charge on any atom is -0.465 e. The molecular weight excluding hydrogens is 290 g/mol. The molecule has 1 heterocycles. The fourth-order valence-corrected chi connectivity index (χ4v) is 2.40. The van der Waals surface area contributed by atoms with Crippen LogP contribution >= 0.6 is 0 Å². The summed E-state index contributed by atoms with van der Waals surface area (Å²) in [4.78, 5) is 11.9. The van der Waals surface area contributed by atoms with Gasteiger partial charge in [0, 0.05) is 16.7 Å². The Labute approximate surface area is 133 Å². The van der Waals surface area contributed by atoms with E-state index in [-0.39, 0.29) is 5.57 Å². The number of nitrogens with zero attached hydrogens (tertiary/aromatic N) is 1. The fraction of sp³-hybridized carbons (Fsp3) is 0.0526. The molecular formula is C19H13NO3. The monoisotopic (exact) mass is 303 g/mol. The molecule has 4 heteroatoms. The van der Waals surface area contributed by atoms with Gasteiger partial charge in [0.15, 0.2) is 0 Å². The van der Waals surface area contributed by atoms with Crippen LogP contribution in [0.25, 0.3) is 11.3 Å². The Kier molecular flexibility index (Phi) is 3.94. The van der Waals surface area contributed by atoms with Crippen LogP contribution in [-0.2, 0) is 9.53 Å². The van der Waals surface area contributed by atoms with Gasteiger partial charge in [0.1, 0.15) is 23.2 Å². The van der Waals surface area contributed by atoms with Crippen molar-refractivity contribution in [3.63, 3.8) is 0 Å². The van der Waals surface area contributed by atoms with Crippen molar-refractivity contribution in [1.29, 1.82) is 5.26 Å². The van der Waals surface area contributed by atoms with Crippen molar-refractivity contribution in [2.75, 3.05) is 7.11 Å². The topological polar surface area (TPSA) is 59.3 Å². The number of fused-ring (bicyclic) bond motifs is 1. The molecule has 0 bridgehead atoms. The van der Waals surface area contributed by atoms with E-state index < -0.39 is 5.97 Å². The average Bonchev–Trinajstić information content (AvgIpc) is 2.62. The summed E-state index contributed by atoms with van der Waals surface area (Å²) in [5.74, 6) is 0.513. The first kappa shape index (κ1) is 14.6. The summed E-state index contributed by atoms with van der Waals surface area (Å²) in [6.45, 7) is 0. The molecule has 0 spiro atoms. The summed E-state index contributed by atoms with van der Waals surface area (Å²) in [5.41, 5.74) is 2.01. The minimum absolute atomic E-state index is 0.0447. The molecule has 0 amide bonds. The van der Waals surface area contributed by atoms with Gasteiger partial charge in [0.2, 0.25) is 0 Å². The molecule has 2 aromatic rings. The van der Waals surface area contributed by atoms with Crippen LogP contribution in [0.1, 0.15) is 11.1 Å². The highest BCUT2D eigenvalue weighted by Crippen LogP contribution is 2.38. The molecule has 0 aromatic heterocycles. The number of hydrogen-bond acceptors (Lipinski definition) is 4. The van der Waals surface area contributed by atoms with Crippen LogP contribution in [0.4, 0.5) is 0 Å². The normalized spacial score (nSPS) is 14.7. The standard InChI is InChI=1S/C19H13NO3/c1-22-19(21)16(12-20)15-11-18(13-7-3-2-4-8-13)23-17-10-6-5-9-14(15)17/h2-11H,1H3/b16-15+. The number of ether oxygens (including phenoxy) is 2. The lowest BCUT2D eigenvalue weighted by atomic mass is 9.95. The minimum atomic E-state index is -0.664. The SMILES string of the molecule is COC(=O)/C(C#N)=C1\C=C(c2ccccc2)Oc2ccccc21. The van der Waals surface area contributed by atoms with Gasteiger partial charge in [0.25, 0.3) is 0 Å². The number of benzene rings is 2. The number of esters is 1. The average molecular weight is 303 g/mol. The van der Waals surface area contributed by atoms with Crippen LogP contribution in [0, 0.1) is 11.3 Å². The zero-order valence-electron chi connectivity index (χ0n) is 12.4. The Morgan fingerprint density at radius 2 is 1.78 bits per heavy atom. The van der Waals surface area contributed by atoms with E-state index in [4.69, 9.17) is 9.47 Å². The van der Waals surface area contributed by atoms with Crippen molar-refractivity contribution in [2.24, 2.45) is 0 Å². The predicted molar refractivity (Wildman–Crippen MR) is 86.0 cm³/mol. The van der Waals surface area contributed by atoms with E-state index in [0.29, 0.717) is 22.6 Å². The second-order valence-corrected chi connectivity index (χ2v) is 4.86. The Bertz CT molecular complexity index is 858. The van der Waals surface area contributed by atoms with E-state index in [1.54, 1.807) is 12.1 Å². The third kappa shape index (κ3) is 2.72. The molecule has 0 unspecified atom stereocenters. The van der Waals surface area contributed by atoms with Gasteiger partial charge in [-0.15, -0.1) is 0 Å². The highest BCUT2D eigenvalue weighted by molar-refractivity contribution is 6.06. The molecule has 0 atom stereocenters. The number of para-hydroxylation sites is 1. The molecule has 112 valence electrons. The first-order valence-corrected chi connectivity index (χ1v) is 7.01. The van der Waals surface area contributed by atoms with Gasteiger partial charge in [-0.05, 0) is 12.1 Å². The van der Waals surface area contributed by atoms with E-state index in [2.05, 4.69) is 0 Å². The smallest absolute Gasteiger partial charge is 0.349 e. The summed E-state index contributed by atoms with van der Waals surface area (Å²) in [6, 6.07) is 18.7. The van der Waals surface area contributed by atoms with E-state index >= 15 is 0 Å². The number of methoxy groups -OCH3 is 1. The number of nitriles is 1. The van der Waals surface area contributed by atoms with Gasteiger partial charge in [-0.3, -0.25) is 0 Å². The maximum absolute atomic E-state index is 11.9. The van der Waals surface area contributed by atoms with E-state index in [0.717, 1.165) is 5.56 Å². The Morgan fingerprint density at radius 3 is 2.48 bits per heavy atom. The third-order valence-corrected chi connectivity index (χ3v) is 3.50. The van der Waals surface area contributed by atoms with Crippen molar-refractivity contribution in [1.82, 2.24) is 0 Å². The molecule has 23 heavy (non-hydrogen) atoms. The quantitative estimate of drug-likeness (QED) is 0.483. The molecule has 3 rings (SSSR count). The number of rotatable bonds is 2. The Hall–Kier alpha value is -3.32. The fourth-order valence-electron chi connectivity index (χ4n) is 2.40. The van der Waals surface area contributed by atoms with Crippen LogP contribution < -0.4 is 4.74 Å². The van der Waals surface area contributed by atoms with Crippen molar-refractivity contribution in [3.8, 4) is 11.8 Å². The molecule has 2 aromatic carbocycles. The summed E-state index contributed by atoms with van der Waals surface area (Å²) in [7, 11) is 1.26. The van der Waals surface area contributed by atoms with Crippen LogP contribution in [-0.4, -0.2) is 13.1 Å². The van der Waals surface area contributed by atoms with Gasteiger partial charge in [0.05, 0.1) is 7.11 Å². The zero-order chi connectivity index (χ0) is 16.2. The third-order valence-electron chi connectivity index (χ3n) is 3.50. The Balaban J connectivity index is 2.23. The second kappa shape index (κ2) is 6.20. The lowest BCUT2D eigenvalue weighted by Gasteiger charge is -2.21. The van der Waals surface area contributed by atoms with E-state index in [1.165, 1.54) is 7.11 Å². The molecule has 0 saturated heterocycles. The lowest BCUT2D eigenvalue weighted by Crippen LogP contribution is -2.10. The van der Waals surface area contributed by atoms with Crippen LogP contribution in [0.2, 0.25) is 0 Å². The van der Waals surface area contributed by atoms with Gasteiger partial charge < -0.3 is 9.47 Å². The van der Waals surface area contributed by atoms with Crippen molar-refractivity contribution in [2.45, 2.75) is 0 Å². The number of hydrogen-bond donors (Lipinski definition) is 0. The summed E-state index contributed by atoms with van der Waals surface area (Å²) in [6.07, 6.45) is 1.70. The van der Waals surface area contributed by atoms with Crippen LogP contribution in [0.5, 0.6) is 5.75 Å². The first-order valence-electron chi connectivity index (χ1n) is 7.01. The van der Waals surface area contributed by atoms with E-state index in [1.807, 2.05) is 54.6 Å². The number of carbonyl (C=O) groups excluding carboxylic acids is 1. The van der Waals surface area contributed by atoms with Crippen LogP contribution in [0.3, 0.4) is 0 Å². The van der Waals surface area contributed by atoms with Crippen molar-refractivity contribution in [3.05, 3.63) is 77.4 Å². The Morgan fingerprint density at radius 1 is 1.09 bits per heavy atom. The van der Waals surface area contributed by atoms with Gasteiger partial charge >= 0.3 is 5.97 Å². The molecule has 0 fully saturated rings. The summed E-state index contributed by atoms with van der Waals surface area (Å²) >= 11 is 0. The molecule has 1 aliphatic rings. The van der Waals surface area contributed by atoms with Crippen molar-refractivity contribution >= 4 is 17.3 Å². The lowest BCUT2D eigenvalue weighted by molar-refractivity contribution is -0.135. The summed E-state index contributed by atoms with van der Waals surface area (Å²) in [5, 5.41) is 9.38. The second-order valence-electron chi connectivity index (χ2n) is 4.86. The highest BCUT2D eigenvalue weighted by atomic mass is 16.5. The summed E-state index contributed by atoms with van der Waals surface area (Å²) < 4.78 is 10.6. The molecule has 0 saturated carbocycles. The van der Waals surface area contributed by atoms with E-state index in [9.17, 15) is 10.1 Å². The highest BCUT2D eigenvalue weighted by Gasteiger charge is 2.24. The van der Waals surface area contributed by atoms with Crippen molar-refractivity contribution < 1.29 is 14.3 Å². The maximum Gasteiger partial charge on any atom is 0.349 e. The molecule has 1 aliphatic heterocycles. The molecule has 4 nitrogen and oxygen atoms in total. The predicted octanol–water partition coefficient (Wildman–Crippen LogP) is 3.57. The molecule has 0 radical (unpaired) electrons. The maximum atomic E-state index is 11.9. The van der Waals surface area contributed by atoms with Gasteiger partial charge in [-0.25, -0.2) is 4.79 Å². The van der Waals surface area contributed by atoms with Crippen LogP contribution in [0.15, 0.2) is 66.2 Å². The number of allylic oxidation sites excluding steroid dienone is 2. The molecule has 0 N–H and O–H groups in total.